The Morgan fingerprint density at radius 1 is 1.27 bits per heavy atom. The zero-order valence-corrected chi connectivity index (χ0v) is 9.09. The number of hydrogen-bond donors (Lipinski definition) is 1. The van der Waals surface area contributed by atoms with E-state index in [-0.39, 0.29) is 5.82 Å². The Labute approximate surface area is 91.8 Å². The van der Waals surface area contributed by atoms with Crippen molar-refractivity contribution in [2.24, 2.45) is 0 Å². The van der Waals surface area contributed by atoms with E-state index in [9.17, 15) is 9.50 Å². The van der Waals surface area contributed by atoms with Gasteiger partial charge in [-0.1, -0.05) is 30.3 Å². The lowest BCUT2D eigenvalue weighted by Gasteiger charge is -2.10. The molecule has 0 spiro atoms. The fraction of sp³-hybridized carbons (Fsp3) is 0.167. The molecular formula is C12H11FOS. The molecule has 0 radical (unpaired) electrons. The van der Waals surface area contributed by atoms with Crippen molar-refractivity contribution in [3.63, 3.8) is 0 Å². The Morgan fingerprint density at radius 3 is 2.47 bits per heavy atom. The van der Waals surface area contributed by atoms with Gasteiger partial charge in [0.15, 0.2) is 0 Å². The zero-order chi connectivity index (χ0) is 10.8. The summed E-state index contributed by atoms with van der Waals surface area (Å²) in [6, 6.07) is 9.12. The molecule has 0 aliphatic rings. The molecule has 0 bridgehead atoms. The van der Waals surface area contributed by atoms with Crippen LogP contribution in [0.15, 0.2) is 35.7 Å². The summed E-state index contributed by atoms with van der Waals surface area (Å²) in [5, 5.41) is 11.4. The lowest BCUT2D eigenvalue weighted by Crippen LogP contribution is -2.01. The third-order valence-electron chi connectivity index (χ3n) is 2.36. The first-order valence-corrected chi connectivity index (χ1v) is 5.54. The van der Waals surface area contributed by atoms with Crippen molar-refractivity contribution >= 4 is 11.3 Å². The maximum atomic E-state index is 13.4. The van der Waals surface area contributed by atoms with E-state index in [1.54, 1.807) is 12.1 Å². The van der Waals surface area contributed by atoms with Gasteiger partial charge >= 0.3 is 0 Å². The second-order valence-electron chi connectivity index (χ2n) is 3.37. The van der Waals surface area contributed by atoms with Gasteiger partial charge < -0.3 is 5.11 Å². The van der Waals surface area contributed by atoms with Crippen molar-refractivity contribution in [3.8, 4) is 0 Å². The summed E-state index contributed by atoms with van der Waals surface area (Å²) in [6.45, 7) is 1.81. The van der Waals surface area contributed by atoms with E-state index in [2.05, 4.69) is 0 Å². The lowest BCUT2D eigenvalue weighted by molar-refractivity contribution is 0.215. The highest BCUT2D eigenvalue weighted by molar-refractivity contribution is 7.10. The number of aryl methyl sites for hydroxylation is 1. The van der Waals surface area contributed by atoms with Crippen LogP contribution in [0.1, 0.15) is 22.1 Å². The van der Waals surface area contributed by atoms with E-state index in [1.807, 2.05) is 25.1 Å². The predicted molar refractivity (Wildman–Crippen MR) is 59.5 cm³/mol. The van der Waals surface area contributed by atoms with E-state index in [1.165, 1.54) is 16.7 Å². The predicted octanol–water partition coefficient (Wildman–Crippen LogP) is 3.28. The summed E-state index contributed by atoms with van der Waals surface area (Å²) in [4.78, 5) is 0.823. The average Bonchev–Trinajstić information content (AvgIpc) is 2.59. The summed E-state index contributed by atoms with van der Waals surface area (Å²) in [5.41, 5.74) is 1.11. The average molecular weight is 222 g/mol. The van der Waals surface area contributed by atoms with Crippen molar-refractivity contribution in [3.05, 3.63) is 57.5 Å². The number of halogens is 1. The Bertz CT molecular complexity index is 430. The van der Waals surface area contributed by atoms with Gasteiger partial charge in [0.05, 0.1) is 0 Å². The normalized spacial score (nSPS) is 12.7. The van der Waals surface area contributed by atoms with Gasteiger partial charge in [0.2, 0.25) is 0 Å². The van der Waals surface area contributed by atoms with Crippen molar-refractivity contribution in [2.45, 2.75) is 13.0 Å². The third-order valence-corrected chi connectivity index (χ3v) is 3.26. The second-order valence-corrected chi connectivity index (χ2v) is 4.45. The molecule has 0 amide bonds. The Morgan fingerprint density at radius 2 is 1.93 bits per heavy atom. The highest BCUT2D eigenvalue weighted by Gasteiger charge is 2.18. The van der Waals surface area contributed by atoms with Crippen LogP contribution in [-0.2, 0) is 0 Å². The molecule has 0 saturated carbocycles. The van der Waals surface area contributed by atoms with Crippen LogP contribution in [0, 0.1) is 12.7 Å². The molecule has 1 N–H and O–H groups in total. The lowest BCUT2D eigenvalue weighted by atomic mass is 10.0. The summed E-state index contributed by atoms with van der Waals surface area (Å²) < 4.78 is 13.4. The summed E-state index contributed by atoms with van der Waals surface area (Å²) >= 11 is 1.32. The molecule has 1 nitrogen and oxygen atoms in total. The van der Waals surface area contributed by atoms with Gasteiger partial charge in [-0.2, -0.15) is 0 Å². The number of aliphatic hydroxyl groups excluding tert-OH is 1. The summed E-state index contributed by atoms with van der Waals surface area (Å²) in [7, 11) is 0. The summed E-state index contributed by atoms with van der Waals surface area (Å²) in [5.74, 6) is -0.325. The van der Waals surface area contributed by atoms with Crippen molar-refractivity contribution in [1.29, 1.82) is 0 Å². The number of hydrogen-bond acceptors (Lipinski definition) is 2. The van der Waals surface area contributed by atoms with E-state index in [4.69, 9.17) is 0 Å². The Kier molecular flexibility index (Phi) is 2.84. The van der Waals surface area contributed by atoms with Gasteiger partial charge in [-0.3, -0.25) is 0 Å². The van der Waals surface area contributed by atoms with Crippen LogP contribution in [0.3, 0.4) is 0 Å². The van der Waals surface area contributed by atoms with Crippen molar-refractivity contribution in [1.82, 2.24) is 0 Å². The fourth-order valence-electron chi connectivity index (χ4n) is 1.56. The largest absolute Gasteiger partial charge is 0.384 e. The minimum Gasteiger partial charge on any atom is -0.384 e. The van der Waals surface area contributed by atoms with Crippen LogP contribution in [0.5, 0.6) is 0 Å². The molecule has 0 aliphatic carbocycles. The number of thiophene rings is 1. The minimum atomic E-state index is -0.863. The molecule has 0 aliphatic heterocycles. The monoisotopic (exact) mass is 222 g/mol. The van der Waals surface area contributed by atoms with Crippen molar-refractivity contribution < 1.29 is 9.50 Å². The van der Waals surface area contributed by atoms with E-state index in [0.29, 0.717) is 5.56 Å². The first-order chi connectivity index (χ1) is 7.20. The molecule has 2 aromatic rings. The zero-order valence-electron chi connectivity index (χ0n) is 8.27. The number of aliphatic hydroxyl groups is 1. The van der Waals surface area contributed by atoms with Gasteiger partial charge in [0.1, 0.15) is 11.9 Å². The van der Waals surface area contributed by atoms with Crippen LogP contribution < -0.4 is 0 Å². The molecule has 2 rings (SSSR count). The van der Waals surface area contributed by atoms with E-state index >= 15 is 0 Å². The van der Waals surface area contributed by atoms with Gasteiger partial charge in [-0.25, -0.2) is 4.39 Å². The number of rotatable bonds is 2. The summed E-state index contributed by atoms with van der Waals surface area (Å²) in [6.07, 6.45) is -0.863. The van der Waals surface area contributed by atoms with Crippen LogP contribution in [0.4, 0.5) is 4.39 Å². The molecule has 1 heterocycles. The quantitative estimate of drug-likeness (QED) is 0.826. The van der Waals surface area contributed by atoms with Crippen molar-refractivity contribution in [2.75, 3.05) is 0 Å². The molecule has 0 saturated heterocycles. The second kappa shape index (κ2) is 4.13. The van der Waals surface area contributed by atoms with Crippen LogP contribution in [0.2, 0.25) is 0 Å². The highest BCUT2D eigenvalue weighted by atomic mass is 32.1. The van der Waals surface area contributed by atoms with Gasteiger partial charge in [-0.05, 0) is 12.5 Å². The molecule has 1 unspecified atom stereocenters. The topological polar surface area (TPSA) is 20.2 Å². The minimum absolute atomic E-state index is 0.325. The first-order valence-electron chi connectivity index (χ1n) is 4.66. The van der Waals surface area contributed by atoms with E-state index in [0.717, 1.165) is 10.4 Å². The third kappa shape index (κ3) is 1.94. The van der Waals surface area contributed by atoms with Gasteiger partial charge in [0, 0.05) is 15.8 Å². The van der Waals surface area contributed by atoms with Crippen LogP contribution in [-0.4, -0.2) is 5.11 Å². The Hall–Kier alpha value is -1.19. The molecule has 15 heavy (non-hydrogen) atoms. The van der Waals surface area contributed by atoms with Crippen LogP contribution >= 0.6 is 11.3 Å². The van der Waals surface area contributed by atoms with E-state index < -0.39 is 6.10 Å². The maximum absolute atomic E-state index is 13.4. The van der Waals surface area contributed by atoms with Gasteiger partial charge in [-0.15, -0.1) is 11.3 Å². The molecule has 1 atom stereocenters. The molecule has 3 heteroatoms. The number of benzene rings is 1. The fourth-order valence-corrected chi connectivity index (χ4v) is 2.30. The molecular weight excluding hydrogens is 211 g/mol. The maximum Gasteiger partial charge on any atom is 0.140 e. The van der Waals surface area contributed by atoms with Gasteiger partial charge in [0.25, 0.3) is 0 Å². The molecule has 0 fully saturated rings. The molecule has 1 aromatic carbocycles. The Balaban J connectivity index is 2.41. The highest BCUT2D eigenvalue weighted by Crippen LogP contribution is 2.30. The smallest absolute Gasteiger partial charge is 0.140 e. The molecule has 1 aromatic heterocycles. The standard InChI is InChI=1S/C12H11FOS/c1-8-11(10(13)7-15-8)12(14)9-5-3-2-4-6-9/h2-7,12,14H,1H3. The molecule has 78 valence electrons. The SMILES string of the molecule is Cc1scc(F)c1C(O)c1ccccc1. The first kappa shape index (κ1) is 10.3. The van der Waals surface area contributed by atoms with Crippen LogP contribution in [0.25, 0.3) is 0 Å².